The van der Waals surface area contributed by atoms with Crippen molar-refractivity contribution >= 4 is 5.95 Å². The quantitative estimate of drug-likeness (QED) is 0.193. The number of halogens is 10. The highest BCUT2D eigenvalue weighted by Crippen LogP contribution is 2.39. The molecule has 1 atom stereocenters. The maximum absolute atomic E-state index is 15.3. The molecule has 1 aliphatic rings. The first-order valence-corrected chi connectivity index (χ1v) is 14.8. The predicted octanol–water partition coefficient (Wildman–Crippen LogP) is 7.77. The van der Waals surface area contributed by atoms with Crippen LogP contribution < -0.4 is 4.90 Å². The number of nitrogens with zero attached hydrogens (tertiary/aromatic N) is 6. The summed E-state index contributed by atoms with van der Waals surface area (Å²) in [5, 5.41) is 11.6. The van der Waals surface area contributed by atoms with Crippen LogP contribution in [0.4, 0.5) is 49.9 Å². The standard InChI is InChI=1S/C30H34F10N6O/c1-4-25(45-10-8-27(31,9-11-45)18-47-5-2)24-7-6-21(28(32,33)34)14-20(24)17-46(26-41-43-44(3)42-26)16-19-12-22(29(35,36)37)15-23(13-19)30(38,39)40/h6-7,12-15,25H,4-5,8-11,16-18H2,1-3H3. The summed E-state index contributed by atoms with van der Waals surface area (Å²) < 4.78 is 144. The van der Waals surface area contributed by atoms with E-state index in [0.717, 1.165) is 16.9 Å². The molecule has 2 heterocycles. The summed E-state index contributed by atoms with van der Waals surface area (Å²) in [6.45, 7) is 3.33. The Kier molecular flexibility index (Phi) is 10.8. The zero-order valence-corrected chi connectivity index (χ0v) is 25.8. The van der Waals surface area contributed by atoms with Gasteiger partial charge in [0.2, 0.25) is 0 Å². The maximum Gasteiger partial charge on any atom is 0.416 e. The molecule has 2 aromatic carbocycles. The van der Waals surface area contributed by atoms with Gasteiger partial charge in [0.25, 0.3) is 5.95 Å². The summed E-state index contributed by atoms with van der Waals surface area (Å²) in [7, 11) is 1.37. The Hall–Kier alpha value is -3.47. The number of rotatable bonds is 11. The van der Waals surface area contributed by atoms with Gasteiger partial charge in [-0.25, -0.2) is 4.39 Å². The Labute approximate surface area is 264 Å². The Morgan fingerprint density at radius 3 is 1.94 bits per heavy atom. The number of anilines is 1. The third-order valence-corrected chi connectivity index (χ3v) is 8.08. The number of piperidine rings is 1. The molecule has 0 spiro atoms. The van der Waals surface area contributed by atoms with Gasteiger partial charge in [0.15, 0.2) is 0 Å². The van der Waals surface area contributed by atoms with E-state index in [-0.39, 0.29) is 50.1 Å². The monoisotopic (exact) mass is 684 g/mol. The second-order valence-electron chi connectivity index (χ2n) is 11.5. The van der Waals surface area contributed by atoms with E-state index in [2.05, 4.69) is 15.4 Å². The Morgan fingerprint density at radius 2 is 1.45 bits per heavy atom. The molecule has 17 heteroatoms. The third kappa shape index (κ3) is 9.12. The van der Waals surface area contributed by atoms with E-state index >= 15 is 4.39 Å². The van der Waals surface area contributed by atoms with Gasteiger partial charge in [-0.15, -0.1) is 5.10 Å². The van der Waals surface area contributed by atoms with Crippen LogP contribution in [0.15, 0.2) is 36.4 Å². The van der Waals surface area contributed by atoms with E-state index in [1.807, 2.05) is 11.8 Å². The van der Waals surface area contributed by atoms with Gasteiger partial charge in [-0.3, -0.25) is 4.90 Å². The Morgan fingerprint density at radius 1 is 0.851 bits per heavy atom. The molecule has 0 N–H and O–H groups in total. The molecule has 3 aromatic rings. The molecule has 0 saturated carbocycles. The lowest BCUT2D eigenvalue weighted by atomic mass is 9.89. The predicted molar refractivity (Wildman–Crippen MR) is 151 cm³/mol. The first-order chi connectivity index (χ1) is 21.8. The highest BCUT2D eigenvalue weighted by atomic mass is 19.4. The number of hydrogen-bond donors (Lipinski definition) is 0. The van der Waals surface area contributed by atoms with E-state index in [9.17, 15) is 39.5 Å². The van der Waals surface area contributed by atoms with E-state index in [0.29, 0.717) is 30.7 Å². The van der Waals surface area contributed by atoms with Gasteiger partial charge in [-0.2, -0.15) is 44.3 Å². The molecular formula is C30H34F10N6O. The van der Waals surface area contributed by atoms with Crippen molar-refractivity contribution in [1.82, 2.24) is 25.1 Å². The summed E-state index contributed by atoms with van der Waals surface area (Å²) in [6.07, 6.45) is -14.3. The highest BCUT2D eigenvalue weighted by Gasteiger charge is 2.39. The van der Waals surface area contributed by atoms with Gasteiger partial charge < -0.3 is 9.64 Å². The zero-order chi connectivity index (χ0) is 34.8. The van der Waals surface area contributed by atoms with Crippen molar-refractivity contribution in [2.45, 2.75) is 76.4 Å². The lowest BCUT2D eigenvalue weighted by Gasteiger charge is -2.41. The molecule has 47 heavy (non-hydrogen) atoms. The topological polar surface area (TPSA) is 59.3 Å². The summed E-state index contributed by atoms with van der Waals surface area (Å²) in [5.74, 6) is -0.231. The van der Waals surface area contributed by atoms with Gasteiger partial charge in [0.05, 0.1) is 30.3 Å². The SMILES string of the molecule is CCOCC1(F)CCN(C(CC)c2ccc(C(F)(F)F)cc2CN(Cc2cc(C(F)(F)F)cc(C(F)(F)F)c2)c2nnn(C)n2)CC1. The van der Waals surface area contributed by atoms with Crippen molar-refractivity contribution in [3.05, 3.63) is 69.8 Å². The van der Waals surface area contributed by atoms with E-state index in [4.69, 9.17) is 4.74 Å². The molecular weight excluding hydrogens is 650 g/mol. The fourth-order valence-corrected chi connectivity index (χ4v) is 5.72. The number of ether oxygens (including phenoxy) is 1. The molecule has 7 nitrogen and oxygen atoms in total. The molecule has 260 valence electrons. The van der Waals surface area contributed by atoms with Gasteiger partial charge in [-0.1, -0.05) is 18.1 Å². The number of likely N-dealkylation sites (tertiary alicyclic amines) is 1. The molecule has 1 fully saturated rings. The van der Waals surface area contributed by atoms with Crippen molar-refractivity contribution in [3.63, 3.8) is 0 Å². The zero-order valence-electron chi connectivity index (χ0n) is 25.8. The second kappa shape index (κ2) is 13.9. The van der Waals surface area contributed by atoms with Crippen molar-refractivity contribution in [2.24, 2.45) is 7.05 Å². The van der Waals surface area contributed by atoms with Crippen LogP contribution in [0.2, 0.25) is 0 Å². The lowest BCUT2D eigenvalue weighted by molar-refractivity contribution is -0.143. The van der Waals surface area contributed by atoms with Gasteiger partial charge in [0, 0.05) is 38.8 Å². The molecule has 0 bridgehead atoms. The number of tetrazole rings is 1. The smallest absolute Gasteiger partial charge is 0.378 e. The summed E-state index contributed by atoms with van der Waals surface area (Å²) in [5.41, 5.74) is -5.54. The van der Waals surface area contributed by atoms with Crippen molar-refractivity contribution in [2.75, 3.05) is 31.2 Å². The van der Waals surface area contributed by atoms with Crippen LogP contribution in [0.5, 0.6) is 0 Å². The van der Waals surface area contributed by atoms with Crippen LogP contribution in [0.25, 0.3) is 0 Å². The molecule has 1 aromatic heterocycles. The average molecular weight is 685 g/mol. The fourth-order valence-electron chi connectivity index (χ4n) is 5.72. The van der Waals surface area contributed by atoms with Crippen LogP contribution in [-0.2, 0) is 43.4 Å². The lowest BCUT2D eigenvalue weighted by Crippen LogP contribution is -2.45. The van der Waals surface area contributed by atoms with Crippen LogP contribution in [0, 0.1) is 0 Å². The van der Waals surface area contributed by atoms with Crippen molar-refractivity contribution in [1.29, 1.82) is 0 Å². The molecule has 0 radical (unpaired) electrons. The van der Waals surface area contributed by atoms with Gasteiger partial charge in [0.1, 0.15) is 5.67 Å². The largest absolute Gasteiger partial charge is 0.416 e. The Balaban J connectivity index is 1.76. The van der Waals surface area contributed by atoms with Crippen molar-refractivity contribution < 1.29 is 48.6 Å². The average Bonchev–Trinajstić information content (AvgIpc) is 3.42. The molecule has 1 saturated heterocycles. The first-order valence-electron chi connectivity index (χ1n) is 14.8. The molecule has 1 unspecified atom stereocenters. The van der Waals surface area contributed by atoms with Crippen LogP contribution in [0.3, 0.4) is 0 Å². The number of benzene rings is 2. The fraction of sp³-hybridized carbons (Fsp3) is 0.567. The minimum Gasteiger partial charge on any atom is -0.378 e. The summed E-state index contributed by atoms with van der Waals surface area (Å²) >= 11 is 0. The molecule has 0 aliphatic carbocycles. The van der Waals surface area contributed by atoms with Crippen molar-refractivity contribution in [3.8, 4) is 0 Å². The maximum atomic E-state index is 15.3. The minimum absolute atomic E-state index is 0.00965. The molecule has 0 amide bonds. The normalized spacial score (nSPS) is 16.8. The van der Waals surface area contributed by atoms with E-state index in [1.165, 1.54) is 18.0 Å². The number of hydrogen-bond acceptors (Lipinski definition) is 6. The van der Waals surface area contributed by atoms with Gasteiger partial charge >= 0.3 is 18.5 Å². The number of alkyl halides is 10. The van der Waals surface area contributed by atoms with E-state index in [1.54, 1.807) is 6.92 Å². The first kappa shape index (κ1) is 36.4. The summed E-state index contributed by atoms with van der Waals surface area (Å²) in [4.78, 5) is 4.11. The number of aryl methyl sites for hydroxylation is 1. The van der Waals surface area contributed by atoms with Gasteiger partial charge in [-0.05, 0) is 78.4 Å². The molecule has 4 rings (SSSR count). The summed E-state index contributed by atoms with van der Waals surface area (Å²) in [6, 6.07) is 3.70. The van der Waals surface area contributed by atoms with Crippen LogP contribution >= 0.6 is 0 Å². The van der Waals surface area contributed by atoms with Crippen LogP contribution in [0.1, 0.15) is 72.5 Å². The highest BCUT2D eigenvalue weighted by molar-refractivity contribution is 5.42. The number of aromatic nitrogens is 4. The Bertz CT molecular complexity index is 1460. The third-order valence-electron chi connectivity index (χ3n) is 8.08. The van der Waals surface area contributed by atoms with E-state index < -0.39 is 65.6 Å². The minimum atomic E-state index is -5.11. The van der Waals surface area contributed by atoms with Crippen LogP contribution in [-0.4, -0.2) is 57.1 Å². The molecule has 1 aliphatic heterocycles. The second-order valence-corrected chi connectivity index (χ2v) is 11.5.